The lowest BCUT2D eigenvalue weighted by Gasteiger charge is -2.21. The molecule has 2 aromatic carbocycles. The smallest absolute Gasteiger partial charge is 0.254 e. The third kappa shape index (κ3) is 4.65. The molecule has 0 aliphatic rings. The van der Waals surface area contributed by atoms with Crippen LogP contribution in [0.5, 0.6) is 5.75 Å². The minimum Gasteiger partial charge on any atom is -0.497 e. The molecule has 0 fully saturated rings. The van der Waals surface area contributed by atoms with Crippen molar-refractivity contribution in [1.82, 2.24) is 14.5 Å². The molecular weight excluding hydrogens is 357 g/mol. The molecule has 5 nitrogen and oxygen atoms in total. The monoisotopic (exact) mass is 379 g/mol. The molecular formula is C22H22FN3O2. The third-order valence-corrected chi connectivity index (χ3v) is 4.33. The van der Waals surface area contributed by atoms with Crippen molar-refractivity contribution in [2.75, 3.05) is 13.7 Å². The average Bonchev–Trinajstić information content (AvgIpc) is 3.14. The first-order chi connectivity index (χ1) is 13.6. The normalized spacial score (nSPS) is 10.5. The lowest BCUT2D eigenvalue weighted by atomic mass is 10.2. The van der Waals surface area contributed by atoms with E-state index in [1.165, 1.54) is 18.2 Å². The molecule has 0 unspecified atom stereocenters. The van der Waals surface area contributed by atoms with E-state index in [0.29, 0.717) is 25.2 Å². The van der Waals surface area contributed by atoms with Gasteiger partial charge in [-0.2, -0.15) is 0 Å². The van der Waals surface area contributed by atoms with Gasteiger partial charge < -0.3 is 14.2 Å². The Morgan fingerprint density at radius 3 is 2.86 bits per heavy atom. The highest BCUT2D eigenvalue weighted by Gasteiger charge is 2.18. The van der Waals surface area contributed by atoms with Crippen LogP contribution < -0.4 is 4.74 Å². The molecule has 28 heavy (non-hydrogen) atoms. The topological polar surface area (TPSA) is 47.4 Å². The number of imidazole rings is 1. The minimum absolute atomic E-state index is 0.268. The van der Waals surface area contributed by atoms with Gasteiger partial charge in [-0.15, -0.1) is 6.58 Å². The van der Waals surface area contributed by atoms with E-state index >= 15 is 0 Å². The SMILES string of the molecule is C=CCN(Cc1nccn1Cc1cccc(OC)c1)C(=O)c1cccc(F)c1. The predicted molar refractivity (Wildman–Crippen MR) is 106 cm³/mol. The standard InChI is InChI=1S/C22H22FN3O2/c1-3-11-26(22(27)18-7-5-8-19(23)14-18)16-21-24-10-12-25(21)15-17-6-4-9-20(13-17)28-2/h3-10,12-14H,1,11,15-16H2,2H3. The Hall–Kier alpha value is -3.41. The van der Waals surface area contributed by atoms with E-state index in [9.17, 15) is 9.18 Å². The molecule has 1 aromatic heterocycles. The van der Waals surface area contributed by atoms with Crippen LogP contribution in [0, 0.1) is 5.82 Å². The van der Waals surface area contributed by atoms with Gasteiger partial charge in [-0.25, -0.2) is 9.37 Å². The number of nitrogens with zero attached hydrogens (tertiary/aromatic N) is 3. The Bertz CT molecular complexity index is 968. The molecule has 3 rings (SSSR count). The van der Waals surface area contributed by atoms with Crippen LogP contribution in [-0.4, -0.2) is 34.0 Å². The number of methoxy groups -OCH3 is 1. The Kier molecular flexibility index (Phi) is 6.22. The molecule has 0 bridgehead atoms. The van der Waals surface area contributed by atoms with Crippen LogP contribution in [0.15, 0.2) is 73.6 Å². The van der Waals surface area contributed by atoms with Crippen molar-refractivity contribution in [1.29, 1.82) is 0 Å². The molecule has 0 saturated heterocycles. The molecule has 0 spiro atoms. The van der Waals surface area contributed by atoms with E-state index in [0.717, 1.165) is 17.1 Å². The summed E-state index contributed by atoms with van der Waals surface area (Å²) in [6.45, 7) is 4.95. The van der Waals surface area contributed by atoms with Crippen molar-refractivity contribution in [2.24, 2.45) is 0 Å². The van der Waals surface area contributed by atoms with E-state index in [-0.39, 0.29) is 5.91 Å². The van der Waals surface area contributed by atoms with Crippen molar-refractivity contribution in [2.45, 2.75) is 13.1 Å². The van der Waals surface area contributed by atoms with Crippen molar-refractivity contribution >= 4 is 5.91 Å². The van der Waals surface area contributed by atoms with Crippen LogP contribution in [0.4, 0.5) is 4.39 Å². The molecule has 0 aliphatic heterocycles. The Morgan fingerprint density at radius 2 is 2.11 bits per heavy atom. The summed E-state index contributed by atoms with van der Waals surface area (Å²) < 4.78 is 20.8. The largest absolute Gasteiger partial charge is 0.497 e. The molecule has 1 heterocycles. The summed E-state index contributed by atoms with van der Waals surface area (Å²) in [7, 11) is 1.63. The minimum atomic E-state index is -0.441. The second-order valence-electron chi connectivity index (χ2n) is 6.31. The quantitative estimate of drug-likeness (QED) is 0.558. The van der Waals surface area contributed by atoms with Gasteiger partial charge in [0.25, 0.3) is 5.91 Å². The molecule has 0 N–H and O–H groups in total. The van der Waals surface area contributed by atoms with Gasteiger partial charge in [-0.05, 0) is 35.9 Å². The van der Waals surface area contributed by atoms with Crippen LogP contribution in [0.25, 0.3) is 0 Å². The Labute approximate surface area is 163 Å². The second kappa shape index (κ2) is 8.99. The number of benzene rings is 2. The lowest BCUT2D eigenvalue weighted by molar-refractivity contribution is 0.0757. The van der Waals surface area contributed by atoms with Gasteiger partial charge in [0.15, 0.2) is 0 Å². The zero-order valence-corrected chi connectivity index (χ0v) is 15.7. The van der Waals surface area contributed by atoms with Gasteiger partial charge in [0, 0.05) is 31.0 Å². The first kappa shape index (κ1) is 19.4. The van der Waals surface area contributed by atoms with Crippen molar-refractivity contribution in [3.8, 4) is 5.75 Å². The molecule has 0 saturated carbocycles. The van der Waals surface area contributed by atoms with E-state index in [1.54, 1.807) is 30.3 Å². The fourth-order valence-electron chi connectivity index (χ4n) is 2.95. The number of hydrogen-bond acceptors (Lipinski definition) is 3. The number of carbonyl (C=O) groups is 1. The van der Waals surface area contributed by atoms with Gasteiger partial charge in [-0.3, -0.25) is 4.79 Å². The summed E-state index contributed by atoms with van der Waals surface area (Å²) in [6.07, 6.45) is 5.22. The van der Waals surface area contributed by atoms with Gasteiger partial charge in [0.2, 0.25) is 0 Å². The van der Waals surface area contributed by atoms with E-state index < -0.39 is 5.82 Å². The maximum absolute atomic E-state index is 13.5. The number of carbonyl (C=O) groups excluding carboxylic acids is 1. The van der Waals surface area contributed by atoms with E-state index in [2.05, 4.69) is 11.6 Å². The molecule has 3 aromatic rings. The second-order valence-corrected chi connectivity index (χ2v) is 6.31. The van der Waals surface area contributed by atoms with E-state index in [4.69, 9.17) is 4.74 Å². The van der Waals surface area contributed by atoms with Crippen LogP contribution in [-0.2, 0) is 13.1 Å². The highest BCUT2D eigenvalue weighted by Crippen LogP contribution is 2.16. The van der Waals surface area contributed by atoms with Crippen LogP contribution in [0.1, 0.15) is 21.7 Å². The van der Waals surface area contributed by atoms with Gasteiger partial charge in [0.05, 0.1) is 13.7 Å². The van der Waals surface area contributed by atoms with E-state index in [1.807, 2.05) is 35.0 Å². The highest BCUT2D eigenvalue weighted by molar-refractivity contribution is 5.94. The van der Waals surface area contributed by atoms with Crippen molar-refractivity contribution < 1.29 is 13.9 Å². The van der Waals surface area contributed by atoms with Crippen molar-refractivity contribution in [3.05, 3.63) is 96.3 Å². The number of hydrogen-bond donors (Lipinski definition) is 0. The van der Waals surface area contributed by atoms with Crippen LogP contribution in [0.2, 0.25) is 0 Å². The number of amides is 1. The Morgan fingerprint density at radius 1 is 1.29 bits per heavy atom. The zero-order chi connectivity index (χ0) is 19.9. The zero-order valence-electron chi connectivity index (χ0n) is 15.7. The summed E-state index contributed by atoms with van der Waals surface area (Å²) in [4.78, 5) is 18.8. The predicted octanol–water partition coefficient (Wildman–Crippen LogP) is 3.91. The number of aromatic nitrogens is 2. The molecule has 0 radical (unpaired) electrons. The number of ether oxygens (including phenoxy) is 1. The fourth-order valence-corrected chi connectivity index (χ4v) is 2.95. The number of rotatable bonds is 8. The van der Waals surface area contributed by atoms with Crippen molar-refractivity contribution in [3.63, 3.8) is 0 Å². The summed E-state index contributed by atoms with van der Waals surface area (Å²) in [5.74, 6) is 0.808. The highest BCUT2D eigenvalue weighted by atomic mass is 19.1. The van der Waals surface area contributed by atoms with Gasteiger partial charge >= 0.3 is 0 Å². The summed E-state index contributed by atoms with van der Waals surface area (Å²) in [6, 6.07) is 13.5. The summed E-state index contributed by atoms with van der Waals surface area (Å²) in [5.41, 5.74) is 1.36. The van der Waals surface area contributed by atoms with Gasteiger partial charge in [-0.1, -0.05) is 24.3 Å². The average molecular weight is 379 g/mol. The molecule has 1 amide bonds. The summed E-state index contributed by atoms with van der Waals surface area (Å²) in [5, 5.41) is 0. The Balaban J connectivity index is 1.80. The maximum Gasteiger partial charge on any atom is 0.254 e. The van der Waals surface area contributed by atoms with Crippen LogP contribution in [0.3, 0.4) is 0 Å². The summed E-state index contributed by atoms with van der Waals surface area (Å²) >= 11 is 0. The maximum atomic E-state index is 13.5. The van der Waals surface area contributed by atoms with Crippen LogP contribution >= 0.6 is 0 Å². The fraction of sp³-hybridized carbons (Fsp3) is 0.182. The molecule has 6 heteroatoms. The molecule has 144 valence electrons. The first-order valence-electron chi connectivity index (χ1n) is 8.89. The number of halogens is 1. The van der Waals surface area contributed by atoms with Gasteiger partial charge in [0.1, 0.15) is 17.4 Å². The third-order valence-electron chi connectivity index (χ3n) is 4.33. The molecule has 0 aliphatic carbocycles. The molecule has 0 atom stereocenters. The first-order valence-corrected chi connectivity index (χ1v) is 8.89. The lowest BCUT2D eigenvalue weighted by Crippen LogP contribution is -2.32.